The summed E-state index contributed by atoms with van der Waals surface area (Å²) in [5.74, 6) is 0.0544. The number of carbonyl (C=O) groups excluding carboxylic acids is 1. The lowest BCUT2D eigenvalue weighted by molar-refractivity contribution is -0.117. The number of amides is 1. The normalized spacial score (nSPS) is 11.3. The minimum absolute atomic E-state index is 0.0143. The fraction of sp³-hybridized carbons (Fsp3) is 0.462. The van der Waals surface area contributed by atoms with E-state index >= 15 is 0 Å². The number of halogens is 1. The number of anilines is 1. The van der Waals surface area contributed by atoms with E-state index in [1.54, 1.807) is 0 Å². The van der Waals surface area contributed by atoms with Crippen LogP contribution in [0, 0.1) is 12.3 Å². The molecule has 1 amide bonds. The lowest BCUT2D eigenvalue weighted by Gasteiger charge is -2.17. The first kappa shape index (κ1) is 13.2. The molecule has 0 spiro atoms. The van der Waals surface area contributed by atoms with E-state index in [1.807, 2.05) is 25.1 Å². The molecule has 88 valence electrons. The fourth-order valence-electron chi connectivity index (χ4n) is 1.41. The van der Waals surface area contributed by atoms with E-state index in [1.165, 1.54) is 0 Å². The predicted molar refractivity (Wildman–Crippen MR) is 71.6 cm³/mol. The van der Waals surface area contributed by atoms with Crippen LogP contribution in [-0.2, 0) is 4.79 Å². The van der Waals surface area contributed by atoms with Gasteiger partial charge in [0, 0.05) is 10.9 Å². The van der Waals surface area contributed by atoms with Crippen LogP contribution in [0.4, 0.5) is 5.69 Å². The van der Waals surface area contributed by atoms with Gasteiger partial charge in [0.15, 0.2) is 0 Å². The summed E-state index contributed by atoms with van der Waals surface area (Å²) in [5, 5.41) is 2.92. The van der Waals surface area contributed by atoms with Gasteiger partial charge in [0.2, 0.25) is 5.91 Å². The third-order valence-electron chi connectivity index (χ3n) is 2.09. The van der Waals surface area contributed by atoms with E-state index in [4.69, 9.17) is 0 Å². The summed E-state index contributed by atoms with van der Waals surface area (Å²) in [6, 6.07) is 5.91. The molecular weight excluding hydrogens is 266 g/mol. The summed E-state index contributed by atoms with van der Waals surface area (Å²) in [6.07, 6.45) is 0.521. The van der Waals surface area contributed by atoms with E-state index in [0.29, 0.717) is 6.42 Å². The third-order valence-corrected chi connectivity index (χ3v) is 2.78. The van der Waals surface area contributed by atoms with Gasteiger partial charge in [-0.15, -0.1) is 0 Å². The first-order valence-corrected chi connectivity index (χ1v) is 6.13. The molecule has 0 aliphatic heterocycles. The number of aryl methyl sites for hydroxylation is 1. The van der Waals surface area contributed by atoms with Crippen LogP contribution in [0.5, 0.6) is 0 Å². The second-order valence-corrected chi connectivity index (χ2v) is 6.12. The second kappa shape index (κ2) is 5.00. The Kier molecular flexibility index (Phi) is 4.14. The van der Waals surface area contributed by atoms with E-state index in [2.05, 4.69) is 42.0 Å². The van der Waals surface area contributed by atoms with Crippen molar-refractivity contribution >= 4 is 27.5 Å². The number of nitrogens with one attached hydrogen (secondary N) is 1. The van der Waals surface area contributed by atoms with Gasteiger partial charge in [-0.25, -0.2) is 0 Å². The minimum atomic E-state index is 0.0143. The van der Waals surface area contributed by atoms with E-state index in [-0.39, 0.29) is 11.3 Å². The van der Waals surface area contributed by atoms with Crippen LogP contribution in [0.15, 0.2) is 22.7 Å². The Labute approximate surface area is 106 Å². The average molecular weight is 284 g/mol. The Bertz CT molecular complexity index is 393. The van der Waals surface area contributed by atoms with Crippen molar-refractivity contribution in [3.63, 3.8) is 0 Å². The lowest BCUT2D eigenvalue weighted by atomic mass is 9.92. The van der Waals surface area contributed by atoms with Gasteiger partial charge in [-0.2, -0.15) is 0 Å². The fourth-order valence-corrected chi connectivity index (χ4v) is 1.76. The Morgan fingerprint density at radius 2 is 2.00 bits per heavy atom. The maximum atomic E-state index is 11.8. The van der Waals surface area contributed by atoms with Crippen LogP contribution < -0.4 is 5.32 Å². The van der Waals surface area contributed by atoms with Crippen molar-refractivity contribution in [2.75, 3.05) is 5.32 Å². The molecule has 1 rings (SSSR count). The van der Waals surface area contributed by atoms with Gasteiger partial charge >= 0.3 is 0 Å². The van der Waals surface area contributed by atoms with Crippen molar-refractivity contribution < 1.29 is 4.79 Å². The maximum Gasteiger partial charge on any atom is 0.224 e. The van der Waals surface area contributed by atoms with Gasteiger partial charge in [-0.05, 0) is 46.0 Å². The molecule has 0 saturated carbocycles. The van der Waals surface area contributed by atoms with Crippen LogP contribution in [0.2, 0.25) is 0 Å². The largest absolute Gasteiger partial charge is 0.325 e. The Morgan fingerprint density at radius 3 is 2.56 bits per heavy atom. The molecule has 1 aromatic carbocycles. The second-order valence-electron chi connectivity index (χ2n) is 5.27. The van der Waals surface area contributed by atoms with Crippen molar-refractivity contribution in [2.45, 2.75) is 34.1 Å². The van der Waals surface area contributed by atoms with Gasteiger partial charge in [-0.1, -0.05) is 26.8 Å². The number of rotatable bonds is 2. The van der Waals surface area contributed by atoms with Crippen LogP contribution in [0.3, 0.4) is 0 Å². The van der Waals surface area contributed by atoms with Crippen molar-refractivity contribution in [1.82, 2.24) is 0 Å². The van der Waals surface area contributed by atoms with Gasteiger partial charge in [0.05, 0.1) is 5.69 Å². The standard InChI is InChI=1S/C13H18BrNO/c1-9-5-6-10(14)11(7-9)15-12(16)8-13(2,3)4/h5-7H,8H2,1-4H3,(H,15,16). The molecule has 0 atom stereocenters. The van der Waals surface area contributed by atoms with Gasteiger partial charge < -0.3 is 5.32 Å². The molecule has 2 nitrogen and oxygen atoms in total. The smallest absolute Gasteiger partial charge is 0.224 e. The zero-order valence-electron chi connectivity index (χ0n) is 10.2. The van der Waals surface area contributed by atoms with E-state index in [0.717, 1.165) is 15.7 Å². The van der Waals surface area contributed by atoms with E-state index in [9.17, 15) is 4.79 Å². The topological polar surface area (TPSA) is 29.1 Å². The maximum absolute atomic E-state index is 11.8. The van der Waals surface area contributed by atoms with Crippen LogP contribution in [0.1, 0.15) is 32.8 Å². The highest BCUT2D eigenvalue weighted by Gasteiger charge is 2.16. The van der Waals surface area contributed by atoms with Crippen LogP contribution in [0.25, 0.3) is 0 Å². The summed E-state index contributed by atoms with van der Waals surface area (Å²) in [6.45, 7) is 8.17. The number of hydrogen-bond acceptors (Lipinski definition) is 1. The quantitative estimate of drug-likeness (QED) is 0.869. The molecule has 0 unspecified atom stereocenters. The first-order chi connectivity index (χ1) is 7.28. The average Bonchev–Trinajstić information content (AvgIpc) is 2.08. The Balaban J connectivity index is 2.73. The number of benzene rings is 1. The summed E-state index contributed by atoms with van der Waals surface area (Å²) >= 11 is 3.42. The third kappa shape index (κ3) is 4.35. The van der Waals surface area contributed by atoms with Crippen molar-refractivity contribution in [3.8, 4) is 0 Å². The summed E-state index contributed by atoms with van der Waals surface area (Å²) in [5.41, 5.74) is 1.99. The molecule has 16 heavy (non-hydrogen) atoms. The minimum Gasteiger partial charge on any atom is -0.325 e. The number of carbonyl (C=O) groups is 1. The Hall–Kier alpha value is -0.830. The summed E-state index contributed by atoms with van der Waals surface area (Å²) < 4.78 is 0.917. The molecule has 0 saturated heterocycles. The number of hydrogen-bond donors (Lipinski definition) is 1. The molecule has 1 N–H and O–H groups in total. The lowest BCUT2D eigenvalue weighted by Crippen LogP contribution is -2.19. The summed E-state index contributed by atoms with van der Waals surface area (Å²) in [4.78, 5) is 11.8. The van der Waals surface area contributed by atoms with Gasteiger partial charge in [-0.3, -0.25) is 4.79 Å². The highest BCUT2D eigenvalue weighted by atomic mass is 79.9. The molecule has 0 bridgehead atoms. The SMILES string of the molecule is Cc1ccc(Br)c(NC(=O)CC(C)(C)C)c1. The van der Waals surface area contributed by atoms with Crippen molar-refractivity contribution in [3.05, 3.63) is 28.2 Å². The van der Waals surface area contributed by atoms with Crippen LogP contribution in [-0.4, -0.2) is 5.91 Å². The molecule has 0 aliphatic rings. The molecule has 0 aliphatic carbocycles. The van der Waals surface area contributed by atoms with Crippen molar-refractivity contribution in [1.29, 1.82) is 0 Å². The Morgan fingerprint density at radius 1 is 1.38 bits per heavy atom. The van der Waals surface area contributed by atoms with E-state index < -0.39 is 0 Å². The highest BCUT2D eigenvalue weighted by Crippen LogP contribution is 2.25. The molecule has 0 radical (unpaired) electrons. The molecule has 0 fully saturated rings. The van der Waals surface area contributed by atoms with Crippen molar-refractivity contribution in [2.24, 2.45) is 5.41 Å². The monoisotopic (exact) mass is 283 g/mol. The predicted octanol–water partition coefficient (Wildman–Crippen LogP) is 4.13. The molecule has 3 heteroatoms. The first-order valence-electron chi connectivity index (χ1n) is 5.34. The summed E-state index contributed by atoms with van der Waals surface area (Å²) in [7, 11) is 0. The molecule has 0 heterocycles. The molecular formula is C13H18BrNO. The van der Waals surface area contributed by atoms with Crippen LogP contribution >= 0.6 is 15.9 Å². The molecule has 0 aromatic heterocycles. The zero-order valence-corrected chi connectivity index (χ0v) is 11.8. The zero-order chi connectivity index (χ0) is 12.3. The molecule has 1 aromatic rings. The highest BCUT2D eigenvalue weighted by molar-refractivity contribution is 9.10. The van der Waals surface area contributed by atoms with Gasteiger partial charge in [0.1, 0.15) is 0 Å². The van der Waals surface area contributed by atoms with Gasteiger partial charge in [0.25, 0.3) is 0 Å².